The number of hydrogen-bond acceptors (Lipinski definition) is 6. The van der Waals surface area contributed by atoms with Crippen molar-refractivity contribution in [2.45, 2.75) is 13.3 Å². The quantitative estimate of drug-likeness (QED) is 0.783. The molecule has 0 saturated carbocycles. The standard InChI is InChI=1S/C9H8O4.C5H10O3/c1-13-9(12)7-5-3-2-4-6(7)8(10)11;1-2-3-8-5(7)4-6/h2-5H,1H3,(H,10,11);6H,2-4H2,1H3. The maximum Gasteiger partial charge on any atom is 0.338 e. The number of ether oxygens (including phenoxy) is 2. The van der Waals surface area contributed by atoms with Crippen LogP contribution >= 0.6 is 0 Å². The summed E-state index contributed by atoms with van der Waals surface area (Å²) in [5.74, 6) is -2.33. The highest BCUT2D eigenvalue weighted by molar-refractivity contribution is 6.02. The SMILES string of the molecule is CCCOC(=O)CO.COC(=O)c1ccccc1C(=O)O. The summed E-state index contributed by atoms with van der Waals surface area (Å²) in [5, 5.41) is 16.8. The smallest absolute Gasteiger partial charge is 0.338 e. The van der Waals surface area contributed by atoms with Gasteiger partial charge in [-0.3, -0.25) is 0 Å². The van der Waals surface area contributed by atoms with Crippen molar-refractivity contribution >= 4 is 17.9 Å². The first-order valence-electron chi connectivity index (χ1n) is 6.15. The van der Waals surface area contributed by atoms with Gasteiger partial charge in [0.1, 0.15) is 6.61 Å². The van der Waals surface area contributed by atoms with Gasteiger partial charge in [-0.2, -0.15) is 0 Å². The predicted molar refractivity (Wildman–Crippen MR) is 73.1 cm³/mol. The lowest BCUT2D eigenvalue weighted by molar-refractivity contribution is -0.146. The van der Waals surface area contributed by atoms with Gasteiger partial charge < -0.3 is 19.7 Å². The number of aromatic carboxylic acids is 1. The summed E-state index contributed by atoms with van der Waals surface area (Å²) in [4.78, 5) is 31.8. The molecule has 0 aliphatic carbocycles. The minimum Gasteiger partial charge on any atom is -0.478 e. The van der Waals surface area contributed by atoms with Crippen LogP contribution in [0.5, 0.6) is 0 Å². The normalized spacial score (nSPS) is 9.10. The molecule has 0 bridgehead atoms. The Morgan fingerprint density at radius 2 is 1.71 bits per heavy atom. The Bertz CT molecular complexity index is 482. The fraction of sp³-hybridized carbons (Fsp3) is 0.357. The Morgan fingerprint density at radius 3 is 2.14 bits per heavy atom. The average Bonchev–Trinajstić information content (AvgIpc) is 2.52. The Morgan fingerprint density at radius 1 is 1.14 bits per heavy atom. The third-order valence-corrected chi connectivity index (χ3v) is 2.16. The fourth-order valence-corrected chi connectivity index (χ4v) is 1.22. The number of carbonyl (C=O) groups is 3. The summed E-state index contributed by atoms with van der Waals surface area (Å²) < 4.78 is 8.88. The Labute approximate surface area is 122 Å². The van der Waals surface area contributed by atoms with Crippen LogP contribution in [0.2, 0.25) is 0 Å². The van der Waals surface area contributed by atoms with E-state index in [1.54, 1.807) is 12.1 Å². The van der Waals surface area contributed by atoms with E-state index in [1.165, 1.54) is 19.2 Å². The molecule has 0 aliphatic heterocycles. The van der Waals surface area contributed by atoms with Crippen LogP contribution in [-0.4, -0.2) is 48.4 Å². The van der Waals surface area contributed by atoms with E-state index in [-0.39, 0.29) is 11.1 Å². The molecule has 2 N–H and O–H groups in total. The summed E-state index contributed by atoms with van der Waals surface area (Å²) in [7, 11) is 1.21. The number of rotatable bonds is 5. The third kappa shape index (κ3) is 7.07. The van der Waals surface area contributed by atoms with Crippen LogP contribution < -0.4 is 0 Å². The minimum atomic E-state index is -1.14. The molecule has 0 spiro atoms. The van der Waals surface area contributed by atoms with Crippen molar-refractivity contribution in [2.75, 3.05) is 20.3 Å². The molecule has 0 atom stereocenters. The summed E-state index contributed by atoms with van der Waals surface area (Å²) >= 11 is 0. The van der Waals surface area contributed by atoms with Crippen molar-refractivity contribution < 1.29 is 34.1 Å². The molecule has 0 radical (unpaired) electrons. The van der Waals surface area contributed by atoms with Gasteiger partial charge in [-0.1, -0.05) is 19.1 Å². The second-order valence-corrected chi connectivity index (χ2v) is 3.72. The van der Waals surface area contributed by atoms with Crippen LogP contribution in [0.3, 0.4) is 0 Å². The summed E-state index contributed by atoms with van der Waals surface area (Å²) in [6.07, 6.45) is 0.797. The first kappa shape index (κ1) is 18.6. The van der Waals surface area contributed by atoms with Gasteiger partial charge in [0.05, 0.1) is 24.8 Å². The van der Waals surface area contributed by atoms with E-state index in [0.29, 0.717) is 6.61 Å². The number of aliphatic hydroxyl groups is 1. The highest BCUT2D eigenvalue weighted by atomic mass is 16.5. The van der Waals surface area contributed by atoms with Gasteiger partial charge in [-0.05, 0) is 18.6 Å². The Kier molecular flexibility index (Phi) is 9.19. The fourth-order valence-electron chi connectivity index (χ4n) is 1.22. The van der Waals surface area contributed by atoms with Crippen molar-refractivity contribution in [3.63, 3.8) is 0 Å². The second-order valence-electron chi connectivity index (χ2n) is 3.72. The van der Waals surface area contributed by atoms with Crippen LogP contribution in [0, 0.1) is 0 Å². The number of esters is 2. The maximum atomic E-state index is 11.1. The molecule has 21 heavy (non-hydrogen) atoms. The molecule has 0 heterocycles. The van der Waals surface area contributed by atoms with E-state index >= 15 is 0 Å². The largest absolute Gasteiger partial charge is 0.478 e. The molecule has 1 aromatic rings. The van der Waals surface area contributed by atoms with Crippen molar-refractivity contribution in [3.8, 4) is 0 Å². The van der Waals surface area contributed by atoms with Gasteiger partial charge in [-0.25, -0.2) is 14.4 Å². The van der Waals surface area contributed by atoms with Gasteiger partial charge >= 0.3 is 17.9 Å². The van der Waals surface area contributed by atoms with E-state index in [2.05, 4.69) is 9.47 Å². The predicted octanol–water partition coefficient (Wildman–Crippen LogP) is 1.10. The molecule has 0 fully saturated rings. The lowest BCUT2D eigenvalue weighted by Gasteiger charge is -2.02. The number of methoxy groups -OCH3 is 1. The molecule has 0 aliphatic rings. The number of carboxylic acids is 1. The summed E-state index contributed by atoms with van der Waals surface area (Å²) in [5.41, 5.74) is 0.0202. The highest BCUT2D eigenvalue weighted by Gasteiger charge is 2.15. The van der Waals surface area contributed by atoms with Gasteiger partial charge in [0.25, 0.3) is 0 Å². The van der Waals surface area contributed by atoms with Crippen molar-refractivity contribution in [3.05, 3.63) is 35.4 Å². The molecule has 0 amide bonds. The van der Waals surface area contributed by atoms with Crippen LogP contribution in [0.1, 0.15) is 34.1 Å². The van der Waals surface area contributed by atoms with Gasteiger partial charge in [0.2, 0.25) is 0 Å². The molecule has 1 rings (SSSR count). The summed E-state index contributed by atoms with van der Waals surface area (Å²) in [6, 6.07) is 5.90. The highest BCUT2D eigenvalue weighted by Crippen LogP contribution is 2.09. The minimum absolute atomic E-state index is 0.0469. The molecule has 0 saturated heterocycles. The average molecular weight is 298 g/mol. The first-order chi connectivity index (χ1) is 9.97. The number of benzene rings is 1. The van der Waals surface area contributed by atoms with Crippen LogP contribution in [0.15, 0.2) is 24.3 Å². The molecule has 7 nitrogen and oxygen atoms in total. The lowest BCUT2D eigenvalue weighted by atomic mass is 10.1. The Hall–Kier alpha value is -2.41. The van der Waals surface area contributed by atoms with E-state index < -0.39 is 24.5 Å². The van der Waals surface area contributed by atoms with Crippen molar-refractivity contribution in [1.82, 2.24) is 0 Å². The monoisotopic (exact) mass is 298 g/mol. The molecule has 116 valence electrons. The zero-order valence-corrected chi connectivity index (χ0v) is 11.9. The van der Waals surface area contributed by atoms with Crippen LogP contribution in [0.25, 0.3) is 0 Å². The zero-order valence-electron chi connectivity index (χ0n) is 11.9. The van der Waals surface area contributed by atoms with Crippen molar-refractivity contribution in [1.29, 1.82) is 0 Å². The molecule has 1 aromatic carbocycles. The lowest BCUT2D eigenvalue weighted by Crippen LogP contribution is -2.09. The van der Waals surface area contributed by atoms with Crippen LogP contribution in [0.4, 0.5) is 0 Å². The van der Waals surface area contributed by atoms with Crippen LogP contribution in [-0.2, 0) is 14.3 Å². The Balaban J connectivity index is 0.000000433. The van der Waals surface area contributed by atoms with E-state index in [9.17, 15) is 14.4 Å². The third-order valence-electron chi connectivity index (χ3n) is 2.16. The van der Waals surface area contributed by atoms with Gasteiger partial charge in [0, 0.05) is 0 Å². The maximum absolute atomic E-state index is 11.1. The van der Waals surface area contributed by atoms with E-state index in [0.717, 1.165) is 6.42 Å². The van der Waals surface area contributed by atoms with Crippen molar-refractivity contribution in [2.24, 2.45) is 0 Å². The summed E-state index contributed by atoms with van der Waals surface area (Å²) in [6.45, 7) is 1.78. The molecular formula is C14H18O7. The van der Waals surface area contributed by atoms with Gasteiger partial charge in [0.15, 0.2) is 0 Å². The molecule has 0 unspecified atom stereocenters. The molecule has 0 aromatic heterocycles. The van der Waals surface area contributed by atoms with E-state index in [4.69, 9.17) is 10.2 Å². The zero-order chi connectivity index (χ0) is 16.3. The second kappa shape index (κ2) is 10.4. The number of carboxylic acid groups (broad SMARTS) is 1. The van der Waals surface area contributed by atoms with E-state index in [1.807, 2.05) is 6.92 Å². The molecular weight excluding hydrogens is 280 g/mol. The molecule has 7 heteroatoms. The topological polar surface area (TPSA) is 110 Å². The number of aliphatic hydroxyl groups excluding tert-OH is 1. The first-order valence-corrected chi connectivity index (χ1v) is 6.15. The number of hydrogen-bond donors (Lipinski definition) is 2. The van der Waals surface area contributed by atoms with Gasteiger partial charge in [-0.15, -0.1) is 0 Å². The number of carbonyl (C=O) groups excluding carboxylic acids is 2.